The zero-order valence-corrected chi connectivity index (χ0v) is 12.5. The van der Waals surface area contributed by atoms with Crippen molar-refractivity contribution < 1.29 is 9.47 Å². The number of ether oxygens (including phenoxy) is 2. The molecule has 0 radical (unpaired) electrons. The third-order valence-electron chi connectivity index (χ3n) is 2.94. The van der Waals surface area contributed by atoms with E-state index in [-0.39, 0.29) is 0 Å². The largest absolute Gasteiger partial charge is 0.496 e. The van der Waals surface area contributed by atoms with Crippen LogP contribution in [0, 0.1) is 6.92 Å². The van der Waals surface area contributed by atoms with E-state index in [0.29, 0.717) is 5.75 Å². The van der Waals surface area contributed by atoms with Gasteiger partial charge in [0, 0.05) is 6.07 Å². The quantitative estimate of drug-likeness (QED) is 0.640. The van der Waals surface area contributed by atoms with Crippen LogP contribution < -0.4 is 13.6 Å². The zero-order chi connectivity index (χ0) is 14.5. The molecule has 0 aliphatic carbocycles. The molecule has 0 saturated carbocycles. The van der Waals surface area contributed by atoms with Crippen molar-refractivity contribution in [1.82, 2.24) is 4.16 Å². The number of methoxy groups -OCH3 is 2. The molecule has 0 spiro atoms. The van der Waals surface area contributed by atoms with Crippen molar-refractivity contribution >= 4 is 10.7 Å². The van der Waals surface area contributed by atoms with Gasteiger partial charge in [0.1, 0.15) is 16.4 Å². The predicted molar refractivity (Wildman–Crippen MR) is 80.1 cm³/mol. The molecule has 0 fully saturated rings. The molecular weight excluding hydrogens is 272 g/mol. The molecule has 0 aromatic heterocycles. The number of nitrogens with zero attached hydrogens (tertiary/aromatic N) is 2. The van der Waals surface area contributed by atoms with Crippen LogP contribution in [0.15, 0.2) is 52.3 Å². The second-order valence-electron chi connectivity index (χ2n) is 4.15. The van der Waals surface area contributed by atoms with Crippen molar-refractivity contribution in [1.29, 1.82) is 0 Å². The van der Waals surface area contributed by atoms with Crippen LogP contribution >= 0.6 is 0 Å². The van der Waals surface area contributed by atoms with Gasteiger partial charge in [-0.1, -0.05) is 18.2 Å². The first-order chi connectivity index (χ1) is 9.71. The van der Waals surface area contributed by atoms with E-state index < -0.39 is 10.7 Å². The molecule has 0 saturated heterocycles. The average Bonchev–Trinajstić information content (AvgIpc) is 2.50. The molecule has 0 bridgehead atoms. The Bertz CT molecular complexity index is 665. The lowest BCUT2D eigenvalue weighted by Gasteiger charge is -2.11. The van der Waals surface area contributed by atoms with Crippen LogP contribution in [-0.4, -0.2) is 14.2 Å². The lowest BCUT2D eigenvalue weighted by atomic mass is 10.2. The van der Waals surface area contributed by atoms with Gasteiger partial charge in [-0.25, -0.2) is 0 Å². The van der Waals surface area contributed by atoms with Crippen LogP contribution in [0.1, 0.15) is 5.56 Å². The van der Waals surface area contributed by atoms with Crippen LogP contribution in [0.25, 0.3) is 5.53 Å². The lowest BCUT2D eigenvalue weighted by Crippen LogP contribution is -2.01. The fourth-order valence-electron chi connectivity index (χ4n) is 1.94. The minimum Gasteiger partial charge on any atom is -0.496 e. The van der Waals surface area contributed by atoms with Crippen molar-refractivity contribution in [2.45, 2.75) is 16.7 Å². The Morgan fingerprint density at radius 1 is 1.00 bits per heavy atom. The van der Waals surface area contributed by atoms with Gasteiger partial charge in [-0.15, -0.1) is 4.16 Å². The molecular formula is C15H16N2O2S. The molecule has 2 rings (SSSR count). The van der Waals surface area contributed by atoms with Gasteiger partial charge in [0.25, 0.3) is 0 Å². The highest BCUT2D eigenvalue weighted by molar-refractivity contribution is 7.87. The fraction of sp³-hybridized carbons (Fsp3) is 0.200. The highest BCUT2D eigenvalue weighted by Crippen LogP contribution is 2.32. The van der Waals surface area contributed by atoms with E-state index in [9.17, 15) is 5.53 Å². The van der Waals surface area contributed by atoms with Crippen LogP contribution in [0.5, 0.6) is 11.5 Å². The summed E-state index contributed by atoms with van der Waals surface area (Å²) in [7, 11) is 2.41. The summed E-state index contributed by atoms with van der Waals surface area (Å²) in [4.78, 5) is 1.71. The summed E-state index contributed by atoms with van der Waals surface area (Å²) in [5.74, 6) is 1.44. The average molecular weight is 288 g/mol. The van der Waals surface area contributed by atoms with Gasteiger partial charge in [-0.05, 0) is 30.7 Å². The highest BCUT2D eigenvalue weighted by Gasteiger charge is 2.20. The van der Waals surface area contributed by atoms with Crippen LogP contribution in [0.3, 0.4) is 0 Å². The molecule has 0 N–H and O–H groups in total. The lowest BCUT2D eigenvalue weighted by molar-refractivity contribution is 0.392. The molecule has 0 aliphatic heterocycles. The number of rotatable bonds is 4. The molecule has 2 aromatic carbocycles. The Labute approximate surface area is 121 Å². The monoisotopic (exact) mass is 288 g/mol. The summed E-state index contributed by atoms with van der Waals surface area (Å²) in [5.41, 5.74) is 10.4. The molecule has 20 heavy (non-hydrogen) atoms. The Hall–Kier alpha value is -2.10. The maximum atomic E-state index is 9.43. The molecule has 0 amide bonds. The third kappa shape index (κ3) is 2.74. The van der Waals surface area contributed by atoms with Crippen molar-refractivity contribution in [3.8, 4) is 11.5 Å². The summed E-state index contributed by atoms with van der Waals surface area (Å²) in [6, 6.07) is 13.4. The maximum absolute atomic E-state index is 9.43. The van der Waals surface area contributed by atoms with Gasteiger partial charge in [0.2, 0.25) is 10.7 Å². The summed E-state index contributed by atoms with van der Waals surface area (Å²) >= 11 is 0. The summed E-state index contributed by atoms with van der Waals surface area (Å²) < 4.78 is 14.3. The van der Waals surface area contributed by atoms with E-state index in [4.69, 9.17) is 9.47 Å². The summed E-state index contributed by atoms with van der Waals surface area (Å²) in [5, 5.41) is 0. The maximum Gasteiger partial charge on any atom is 0.227 e. The van der Waals surface area contributed by atoms with Gasteiger partial charge in [0.05, 0.1) is 19.1 Å². The number of hydrogen-bond acceptors (Lipinski definition) is 2. The molecule has 0 heterocycles. The zero-order valence-electron chi connectivity index (χ0n) is 11.7. The molecule has 2 aromatic rings. The normalized spacial score (nSPS) is 11.6. The second kappa shape index (κ2) is 6.37. The minimum atomic E-state index is -0.814. The molecule has 104 valence electrons. The standard InChI is InChI=1S/C15H16N2O2S/c1-11-9-14(19-3)15(10-13(11)18-2)20(17-16)12-7-5-4-6-8-12/h4-10H,1-3H3. The van der Waals surface area contributed by atoms with E-state index in [2.05, 4.69) is 4.16 Å². The molecule has 0 aliphatic rings. The van der Waals surface area contributed by atoms with Gasteiger partial charge in [-0.3, -0.25) is 0 Å². The minimum absolute atomic E-state index is 0.688. The van der Waals surface area contributed by atoms with E-state index >= 15 is 0 Å². The molecule has 4 nitrogen and oxygen atoms in total. The van der Waals surface area contributed by atoms with Crippen LogP contribution in [-0.2, 0) is 10.7 Å². The Morgan fingerprint density at radius 3 is 2.20 bits per heavy atom. The number of hydrogen-bond donors (Lipinski definition) is 0. The van der Waals surface area contributed by atoms with Gasteiger partial charge >= 0.3 is 0 Å². The van der Waals surface area contributed by atoms with E-state index in [1.165, 1.54) is 0 Å². The SMILES string of the molecule is COc1cc(S(=[N+]=[N-])c2ccccc2)c(OC)cc1C. The molecule has 1 atom stereocenters. The van der Waals surface area contributed by atoms with Crippen molar-refractivity contribution in [2.75, 3.05) is 14.2 Å². The summed E-state index contributed by atoms with van der Waals surface area (Å²) in [6.45, 7) is 1.95. The first-order valence-electron chi connectivity index (χ1n) is 6.08. The van der Waals surface area contributed by atoms with Crippen molar-refractivity contribution in [2.24, 2.45) is 0 Å². The Morgan fingerprint density at radius 2 is 1.65 bits per heavy atom. The fourth-order valence-corrected chi connectivity index (χ4v) is 3.34. The smallest absolute Gasteiger partial charge is 0.227 e. The topological polar surface area (TPSA) is 54.9 Å². The van der Waals surface area contributed by atoms with Gasteiger partial charge < -0.3 is 15.0 Å². The van der Waals surface area contributed by atoms with Crippen LogP contribution in [0.2, 0.25) is 0 Å². The number of aryl methyl sites for hydroxylation is 1. The van der Waals surface area contributed by atoms with E-state index in [1.807, 2.05) is 49.4 Å². The summed E-state index contributed by atoms with van der Waals surface area (Å²) in [6.07, 6.45) is 0. The van der Waals surface area contributed by atoms with Crippen LogP contribution in [0.4, 0.5) is 0 Å². The predicted octanol–water partition coefficient (Wildman–Crippen LogP) is 3.32. The third-order valence-corrected chi connectivity index (χ3v) is 4.56. The first-order valence-corrected chi connectivity index (χ1v) is 7.26. The van der Waals surface area contributed by atoms with Gasteiger partial charge in [-0.2, -0.15) is 0 Å². The van der Waals surface area contributed by atoms with E-state index in [1.54, 1.807) is 14.2 Å². The Kier molecular flexibility index (Phi) is 4.56. The highest BCUT2D eigenvalue weighted by atomic mass is 32.2. The van der Waals surface area contributed by atoms with Gasteiger partial charge in [0.15, 0.2) is 0 Å². The van der Waals surface area contributed by atoms with Crippen molar-refractivity contribution in [3.05, 3.63) is 53.6 Å². The number of benzene rings is 2. The first kappa shape index (κ1) is 14.3. The Balaban J connectivity index is 2.64. The molecule has 1 unspecified atom stereocenters. The van der Waals surface area contributed by atoms with Crippen molar-refractivity contribution in [3.63, 3.8) is 0 Å². The van der Waals surface area contributed by atoms with E-state index in [0.717, 1.165) is 21.1 Å². The second-order valence-corrected chi connectivity index (χ2v) is 5.80. The molecule has 5 heteroatoms.